The van der Waals surface area contributed by atoms with Crippen molar-refractivity contribution in [2.45, 2.75) is 56.9 Å². The molecule has 1 aromatic rings. The molecule has 0 radical (unpaired) electrons. The van der Waals surface area contributed by atoms with Gasteiger partial charge >= 0.3 is 0 Å². The number of aliphatic hydroxyl groups is 1. The van der Waals surface area contributed by atoms with E-state index in [-0.39, 0.29) is 18.4 Å². The maximum absolute atomic E-state index is 12.2. The first-order valence-electron chi connectivity index (χ1n) is 7.28. The van der Waals surface area contributed by atoms with Crippen LogP contribution in [0.25, 0.3) is 0 Å². The lowest BCUT2D eigenvalue weighted by Crippen LogP contribution is -2.35. The highest BCUT2D eigenvalue weighted by atomic mass is 32.2. The fourth-order valence-corrected chi connectivity index (χ4v) is 4.18. The van der Waals surface area contributed by atoms with E-state index in [4.69, 9.17) is 5.11 Å². The second kappa shape index (κ2) is 7.20. The van der Waals surface area contributed by atoms with Crippen molar-refractivity contribution in [3.05, 3.63) is 35.4 Å². The first-order valence-corrected chi connectivity index (χ1v) is 8.93. The standard InChI is InChI=1S/C15H23NO3S/c17-11-13-6-5-7-14(10-13)12-20(18,19)16-15-8-3-1-2-4-9-15/h5-7,10,15-17H,1-4,8-9,11-12H2. The molecule has 5 heteroatoms. The maximum atomic E-state index is 12.2. The summed E-state index contributed by atoms with van der Waals surface area (Å²) in [5.41, 5.74) is 1.46. The average Bonchev–Trinajstić information content (AvgIpc) is 2.66. The van der Waals surface area contributed by atoms with Crippen molar-refractivity contribution >= 4 is 10.0 Å². The molecule has 1 aliphatic rings. The zero-order chi connectivity index (χ0) is 14.4. The molecule has 4 nitrogen and oxygen atoms in total. The Bertz CT molecular complexity index is 520. The minimum absolute atomic E-state index is 0.0165. The van der Waals surface area contributed by atoms with E-state index in [1.165, 1.54) is 12.8 Å². The molecule has 0 bridgehead atoms. The van der Waals surface area contributed by atoms with Gasteiger partial charge in [0.25, 0.3) is 0 Å². The van der Waals surface area contributed by atoms with Gasteiger partial charge < -0.3 is 5.11 Å². The SMILES string of the molecule is O=S(=O)(Cc1cccc(CO)c1)NC1CCCCCC1. The molecule has 1 saturated carbocycles. The van der Waals surface area contributed by atoms with Crippen LogP contribution in [0.1, 0.15) is 49.7 Å². The van der Waals surface area contributed by atoms with Crippen molar-refractivity contribution in [3.8, 4) is 0 Å². The molecular formula is C15H23NO3S. The molecule has 20 heavy (non-hydrogen) atoms. The van der Waals surface area contributed by atoms with E-state index in [1.54, 1.807) is 24.3 Å². The number of hydrogen-bond acceptors (Lipinski definition) is 3. The van der Waals surface area contributed by atoms with Crippen molar-refractivity contribution in [2.75, 3.05) is 0 Å². The summed E-state index contributed by atoms with van der Waals surface area (Å²) in [4.78, 5) is 0. The third-order valence-corrected chi connectivity index (χ3v) is 5.14. The number of sulfonamides is 1. The monoisotopic (exact) mass is 297 g/mol. The number of nitrogens with one attached hydrogen (secondary N) is 1. The van der Waals surface area contributed by atoms with Crippen LogP contribution in [0, 0.1) is 0 Å². The topological polar surface area (TPSA) is 66.4 Å². The Morgan fingerprint density at radius 1 is 1.10 bits per heavy atom. The second-order valence-corrected chi connectivity index (χ2v) is 7.30. The van der Waals surface area contributed by atoms with Crippen LogP contribution in [0.3, 0.4) is 0 Å². The molecule has 1 fully saturated rings. The number of benzene rings is 1. The molecule has 0 heterocycles. The predicted octanol–water partition coefficient (Wildman–Crippen LogP) is 2.32. The minimum Gasteiger partial charge on any atom is -0.392 e. The fourth-order valence-electron chi connectivity index (χ4n) is 2.73. The Kier molecular flexibility index (Phi) is 5.57. The quantitative estimate of drug-likeness (QED) is 0.820. The summed E-state index contributed by atoms with van der Waals surface area (Å²) >= 11 is 0. The molecular weight excluding hydrogens is 274 g/mol. The highest BCUT2D eigenvalue weighted by molar-refractivity contribution is 7.88. The van der Waals surface area contributed by atoms with E-state index in [0.717, 1.165) is 36.8 Å². The summed E-state index contributed by atoms with van der Waals surface area (Å²) in [7, 11) is -3.31. The molecule has 2 rings (SSSR count). The molecule has 112 valence electrons. The molecule has 0 amide bonds. The Morgan fingerprint density at radius 3 is 2.40 bits per heavy atom. The van der Waals surface area contributed by atoms with E-state index in [1.807, 2.05) is 0 Å². The summed E-state index contributed by atoms with van der Waals surface area (Å²) in [5, 5.41) is 9.09. The summed E-state index contributed by atoms with van der Waals surface area (Å²) in [6, 6.07) is 7.18. The van der Waals surface area contributed by atoms with Crippen LogP contribution >= 0.6 is 0 Å². The molecule has 0 aromatic heterocycles. The van der Waals surface area contributed by atoms with Crippen molar-refractivity contribution in [2.24, 2.45) is 0 Å². The lowest BCUT2D eigenvalue weighted by Gasteiger charge is -2.16. The van der Waals surface area contributed by atoms with E-state index in [0.29, 0.717) is 0 Å². The summed E-state index contributed by atoms with van der Waals surface area (Å²) < 4.78 is 27.2. The van der Waals surface area contributed by atoms with Gasteiger partial charge in [0.05, 0.1) is 12.4 Å². The van der Waals surface area contributed by atoms with Gasteiger partial charge in [-0.2, -0.15) is 0 Å². The maximum Gasteiger partial charge on any atom is 0.216 e. The van der Waals surface area contributed by atoms with Gasteiger partial charge in [-0.3, -0.25) is 0 Å². The first kappa shape index (κ1) is 15.5. The van der Waals surface area contributed by atoms with Crippen LogP contribution < -0.4 is 4.72 Å². The van der Waals surface area contributed by atoms with Gasteiger partial charge in [0.15, 0.2) is 0 Å². The van der Waals surface area contributed by atoms with E-state index < -0.39 is 10.0 Å². The summed E-state index contributed by atoms with van der Waals surface area (Å²) in [6.45, 7) is -0.0655. The Balaban J connectivity index is 1.98. The second-order valence-electron chi connectivity index (χ2n) is 5.54. The van der Waals surface area contributed by atoms with E-state index >= 15 is 0 Å². The molecule has 0 aliphatic heterocycles. The van der Waals surface area contributed by atoms with Gasteiger partial charge in [0.2, 0.25) is 10.0 Å². The Morgan fingerprint density at radius 2 is 1.75 bits per heavy atom. The first-order chi connectivity index (χ1) is 9.59. The minimum atomic E-state index is -3.31. The third kappa shape index (κ3) is 4.89. The highest BCUT2D eigenvalue weighted by Crippen LogP contribution is 2.18. The normalized spacial score (nSPS) is 17.9. The lowest BCUT2D eigenvalue weighted by molar-refractivity contribution is 0.282. The van der Waals surface area contributed by atoms with Crippen molar-refractivity contribution < 1.29 is 13.5 Å². The highest BCUT2D eigenvalue weighted by Gasteiger charge is 2.19. The van der Waals surface area contributed by atoms with E-state index in [2.05, 4.69) is 4.72 Å². The van der Waals surface area contributed by atoms with Crippen LogP contribution in [0.15, 0.2) is 24.3 Å². The van der Waals surface area contributed by atoms with Crippen LogP contribution in [0.4, 0.5) is 0 Å². The molecule has 0 atom stereocenters. The van der Waals surface area contributed by atoms with Crippen molar-refractivity contribution in [1.29, 1.82) is 0 Å². The smallest absolute Gasteiger partial charge is 0.216 e. The fraction of sp³-hybridized carbons (Fsp3) is 0.600. The van der Waals surface area contributed by atoms with Gasteiger partial charge in [-0.25, -0.2) is 13.1 Å². The third-order valence-electron chi connectivity index (χ3n) is 3.73. The van der Waals surface area contributed by atoms with Gasteiger partial charge in [-0.1, -0.05) is 49.9 Å². The Labute approximate surface area is 121 Å². The van der Waals surface area contributed by atoms with E-state index in [9.17, 15) is 8.42 Å². The molecule has 0 saturated heterocycles. The zero-order valence-corrected chi connectivity index (χ0v) is 12.5. The van der Waals surface area contributed by atoms with Crippen LogP contribution in [0.2, 0.25) is 0 Å². The molecule has 1 aliphatic carbocycles. The predicted molar refractivity (Wildman–Crippen MR) is 79.6 cm³/mol. The molecule has 2 N–H and O–H groups in total. The van der Waals surface area contributed by atoms with Gasteiger partial charge in [-0.15, -0.1) is 0 Å². The summed E-state index contributed by atoms with van der Waals surface area (Å²) in [6.07, 6.45) is 6.50. The van der Waals surface area contributed by atoms with Crippen LogP contribution in [0.5, 0.6) is 0 Å². The summed E-state index contributed by atoms with van der Waals surface area (Å²) in [5.74, 6) is -0.0165. The number of rotatable bonds is 5. The zero-order valence-electron chi connectivity index (χ0n) is 11.7. The largest absolute Gasteiger partial charge is 0.392 e. The number of aliphatic hydroxyl groups excluding tert-OH is 1. The number of hydrogen-bond donors (Lipinski definition) is 2. The van der Waals surface area contributed by atoms with Crippen molar-refractivity contribution in [3.63, 3.8) is 0 Å². The average molecular weight is 297 g/mol. The lowest BCUT2D eigenvalue weighted by atomic mass is 10.1. The molecule has 1 aromatic carbocycles. The van der Waals surface area contributed by atoms with Crippen molar-refractivity contribution in [1.82, 2.24) is 4.72 Å². The Hall–Kier alpha value is -0.910. The molecule has 0 unspecified atom stereocenters. The van der Waals surface area contributed by atoms with Gasteiger partial charge in [0.1, 0.15) is 0 Å². The van der Waals surface area contributed by atoms with Crippen LogP contribution in [-0.4, -0.2) is 19.6 Å². The van der Waals surface area contributed by atoms with Gasteiger partial charge in [0, 0.05) is 6.04 Å². The van der Waals surface area contributed by atoms with Gasteiger partial charge in [-0.05, 0) is 24.0 Å². The van der Waals surface area contributed by atoms with Crippen LogP contribution in [-0.2, 0) is 22.4 Å². The molecule has 0 spiro atoms.